The van der Waals surface area contributed by atoms with E-state index in [1.54, 1.807) is 0 Å². The van der Waals surface area contributed by atoms with Crippen molar-refractivity contribution < 1.29 is 22.0 Å². The number of anilines is 1. The second-order valence-electron chi connectivity index (χ2n) is 6.17. The molecule has 1 aromatic carbocycles. The fraction of sp³-hybridized carbons (Fsp3) is 0.294. The molecule has 0 atom stereocenters. The smallest absolute Gasteiger partial charge is 0.314 e. The lowest BCUT2D eigenvalue weighted by atomic mass is 9.71. The maximum absolute atomic E-state index is 14.3. The van der Waals surface area contributed by atoms with Crippen LogP contribution in [0.1, 0.15) is 37.1 Å². The van der Waals surface area contributed by atoms with E-state index < -0.39 is 29.5 Å². The van der Waals surface area contributed by atoms with Gasteiger partial charge in [-0.25, -0.2) is 18.7 Å². The molecule has 0 radical (unpaired) electrons. The minimum atomic E-state index is -2.90. The molecular formula is C17H13F4N5O. The Balaban J connectivity index is 1.66. The van der Waals surface area contributed by atoms with Gasteiger partial charge in [-0.05, 0) is 37.5 Å². The van der Waals surface area contributed by atoms with Crippen molar-refractivity contribution in [1.82, 2.24) is 20.2 Å². The molecule has 0 amide bonds. The summed E-state index contributed by atoms with van der Waals surface area (Å²) in [5, 5.41) is 9.77. The van der Waals surface area contributed by atoms with Crippen molar-refractivity contribution in [3.05, 3.63) is 53.6 Å². The Kier molecular flexibility index (Phi) is 4.25. The van der Waals surface area contributed by atoms with E-state index in [0.717, 1.165) is 6.42 Å². The van der Waals surface area contributed by atoms with Crippen LogP contribution in [-0.4, -0.2) is 20.2 Å². The zero-order valence-electron chi connectivity index (χ0n) is 13.8. The summed E-state index contributed by atoms with van der Waals surface area (Å²) >= 11 is 0. The SMILES string of the molecule is Fc1cccc(F)c1C1(Nc2nccc(-c3nnc(C(F)F)o3)n2)CCC1. The zero-order chi connectivity index (χ0) is 19.0. The molecule has 27 heavy (non-hydrogen) atoms. The van der Waals surface area contributed by atoms with E-state index in [1.807, 2.05) is 0 Å². The van der Waals surface area contributed by atoms with Crippen molar-refractivity contribution in [2.24, 2.45) is 0 Å². The van der Waals surface area contributed by atoms with Crippen LogP contribution in [0.4, 0.5) is 23.5 Å². The van der Waals surface area contributed by atoms with Crippen molar-refractivity contribution in [3.63, 3.8) is 0 Å². The molecule has 1 fully saturated rings. The van der Waals surface area contributed by atoms with Gasteiger partial charge >= 0.3 is 6.43 Å². The topological polar surface area (TPSA) is 76.7 Å². The monoisotopic (exact) mass is 379 g/mol. The summed E-state index contributed by atoms with van der Waals surface area (Å²) in [5.41, 5.74) is -0.921. The van der Waals surface area contributed by atoms with Gasteiger partial charge in [0.2, 0.25) is 5.95 Å². The molecule has 2 heterocycles. The van der Waals surface area contributed by atoms with Crippen molar-refractivity contribution in [2.45, 2.75) is 31.2 Å². The van der Waals surface area contributed by atoms with E-state index in [4.69, 9.17) is 4.42 Å². The lowest BCUT2D eigenvalue weighted by Crippen LogP contribution is -2.44. The number of hydrogen-bond acceptors (Lipinski definition) is 6. The van der Waals surface area contributed by atoms with E-state index in [0.29, 0.717) is 12.8 Å². The molecule has 0 saturated heterocycles. The van der Waals surface area contributed by atoms with Gasteiger partial charge < -0.3 is 9.73 Å². The highest BCUT2D eigenvalue weighted by Crippen LogP contribution is 2.45. The standard InChI is InChI=1S/C17H13F4N5O/c18-9-3-1-4-10(19)12(9)17(6-2-7-17)24-16-22-8-5-11(23-16)14-25-26-15(27-14)13(20)21/h1,3-5,8,13H,2,6-7H2,(H,22,23,24). The number of rotatable bonds is 5. The van der Waals surface area contributed by atoms with E-state index in [2.05, 4.69) is 25.5 Å². The van der Waals surface area contributed by atoms with Crippen molar-refractivity contribution in [1.29, 1.82) is 0 Å². The molecule has 0 unspecified atom stereocenters. The first-order chi connectivity index (χ1) is 13.0. The fourth-order valence-corrected chi connectivity index (χ4v) is 3.10. The second kappa shape index (κ2) is 6.60. The third-order valence-corrected chi connectivity index (χ3v) is 4.50. The molecule has 6 nitrogen and oxygen atoms in total. The Morgan fingerprint density at radius 1 is 1.07 bits per heavy atom. The summed E-state index contributed by atoms with van der Waals surface area (Å²) in [6, 6.07) is 5.10. The summed E-state index contributed by atoms with van der Waals surface area (Å²) in [7, 11) is 0. The van der Waals surface area contributed by atoms with Crippen LogP contribution in [-0.2, 0) is 5.54 Å². The van der Waals surface area contributed by atoms with Crippen molar-refractivity contribution >= 4 is 5.95 Å². The molecular weight excluding hydrogens is 366 g/mol. The molecule has 10 heteroatoms. The van der Waals surface area contributed by atoms with E-state index in [-0.39, 0.29) is 23.1 Å². The van der Waals surface area contributed by atoms with Gasteiger partial charge in [0.05, 0.1) is 5.54 Å². The number of nitrogens with zero attached hydrogens (tertiary/aromatic N) is 4. The second-order valence-corrected chi connectivity index (χ2v) is 6.17. The van der Waals surface area contributed by atoms with Gasteiger partial charge in [-0.2, -0.15) is 8.78 Å². The molecule has 1 aliphatic rings. The van der Waals surface area contributed by atoms with E-state index in [1.165, 1.54) is 30.5 Å². The highest BCUT2D eigenvalue weighted by Gasteiger charge is 2.43. The Morgan fingerprint density at radius 3 is 2.41 bits per heavy atom. The lowest BCUT2D eigenvalue weighted by Gasteiger charge is -2.43. The van der Waals surface area contributed by atoms with Crippen molar-refractivity contribution in [3.8, 4) is 11.6 Å². The van der Waals surface area contributed by atoms with Crippen molar-refractivity contribution in [2.75, 3.05) is 5.32 Å². The van der Waals surface area contributed by atoms with Gasteiger partial charge in [0.25, 0.3) is 11.8 Å². The number of halogens is 4. The Labute approximate surface area is 150 Å². The largest absolute Gasteiger partial charge is 0.414 e. The highest BCUT2D eigenvalue weighted by molar-refractivity contribution is 5.50. The first-order valence-electron chi connectivity index (χ1n) is 8.16. The lowest BCUT2D eigenvalue weighted by molar-refractivity contribution is 0.116. The molecule has 0 aliphatic heterocycles. The number of aromatic nitrogens is 4. The summed E-state index contributed by atoms with van der Waals surface area (Å²) in [6.07, 6.45) is 0.235. The first kappa shape index (κ1) is 17.4. The molecule has 0 bridgehead atoms. The predicted octanol–water partition coefficient (Wildman–Crippen LogP) is 4.23. The normalized spacial score (nSPS) is 15.6. The minimum Gasteiger partial charge on any atom is -0.414 e. The number of nitrogens with one attached hydrogen (secondary N) is 1. The zero-order valence-corrected chi connectivity index (χ0v) is 13.8. The summed E-state index contributed by atoms with van der Waals surface area (Å²) in [5.74, 6) is -2.25. The highest BCUT2D eigenvalue weighted by atomic mass is 19.3. The minimum absolute atomic E-state index is 0.0666. The third kappa shape index (κ3) is 3.11. The quantitative estimate of drug-likeness (QED) is 0.669. The third-order valence-electron chi connectivity index (χ3n) is 4.50. The van der Waals surface area contributed by atoms with E-state index >= 15 is 0 Å². The molecule has 2 aromatic heterocycles. The van der Waals surface area contributed by atoms with E-state index in [9.17, 15) is 17.6 Å². The van der Waals surface area contributed by atoms with Gasteiger partial charge in [-0.1, -0.05) is 6.07 Å². The maximum atomic E-state index is 14.3. The number of alkyl halides is 2. The van der Waals surface area contributed by atoms with Gasteiger partial charge in [0, 0.05) is 11.8 Å². The molecule has 140 valence electrons. The summed E-state index contributed by atoms with van der Waals surface area (Å²) < 4.78 is 58.6. The fourth-order valence-electron chi connectivity index (χ4n) is 3.10. The molecule has 3 aromatic rings. The first-order valence-corrected chi connectivity index (χ1v) is 8.16. The molecule has 1 aliphatic carbocycles. The average Bonchev–Trinajstić information content (AvgIpc) is 3.10. The molecule has 0 spiro atoms. The van der Waals surface area contributed by atoms with Gasteiger partial charge in [-0.15, -0.1) is 10.2 Å². The average molecular weight is 379 g/mol. The van der Waals surface area contributed by atoms with Crippen LogP contribution in [0.15, 0.2) is 34.9 Å². The van der Waals surface area contributed by atoms with Crippen LogP contribution in [0.3, 0.4) is 0 Å². The Hall–Kier alpha value is -3.04. The van der Waals surface area contributed by atoms with Crippen LogP contribution in [0.2, 0.25) is 0 Å². The summed E-state index contributed by atoms with van der Waals surface area (Å²) in [4.78, 5) is 8.21. The maximum Gasteiger partial charge on any atom is 0.314 e. The Bertz CT molecular complexity index is 953. The van der Waals surface area contributed by atoms with Gasteiger partial charge in [-0.3, -0.25) is 0 Å². The van der Waals surface area contributed by atoms with Crippen LogP contribution in [0, 0.1) is 11.6 Å². The molecule has 1 saturated carbocycles. The van der Waals surface area contributed by atoms with Gasteiger partial charge in [0.1, 0.15) is 17.3 Å². The summed E-state index contributed by atoms with van der Waals surface area (Å²) in [6.45, 7) is 0. The Morgan fingerprint density at radius 2 is 1.81 bits per heavy atom. The van der Waals surface area contributed by atoms with Crippen LogP contribution in [0.5, 0.6) is 0 Å². The van der Waals surface area contributed by atoms with Crippen LogP contribution < -0.4 is 5.32 Å². The molecule has 4 rings (SSSR count). The molecule has 1 N–H and O–H groups in total. The number of benzene rings is 1. The van der Waals surface area contributed by atoms with Gasteiger partial charge in [0.15, 0.2) is 0 Å². The van der Waals surface area contributed by atoms with Crippen LogP contribution >= 0.6 is 0 Å². The number of hydrogen-bond donors (Lipinski definition) is 1. The predicted molar refractivity (Wildman–Crippen MR) is 85.8 cm³/mol. The van der Waals surface area contributed by atoms with Crippen LogP contribution in [0.25, 0.3) is 11.6 Å².